The van der Waals surface area contributed by atoms with Gasteiger partial charge >= 0.3 is 12.3 Å². The lowest BCUT2D eigenvalue weighted by Crippen LogP contribution is -2.20. The molecule has 0 aromatic heterocycles. The Morgan fingerprint density at radius 3 is 1.71 bits per heavy atom. The molecule has 0 aliphatic rings. The van der Waals surface area contributed by atoms with Crippen LogP contribution in [0, 0.1) is 13.8 Å². The average Bonchev–Trinajstić information content (AvgIpc) is 2.64. The minimum Gasteiger partial charge on any atom is -0.437 e. The second-order valence-electron chi connectivity index (χ2n) is 6.93. The van der Waals surface area contributed by atoms with Crippen LogP contribution in [0.1, 0.15) is 43.0 Å². The Morgan fingerprint density at radius 2 is 1.32 bits per heavy atom. The summed E-state index contributed by atoms with van der Waals surface area (Å²) < 4.78 is 19.7. The maximum atomic E-state index is 11.5. The fraction of sp³-hybridized carbons (Fsp3) is 0.364. The molecule has 6 heteroatoms. The topological polar surface area (TPSA) is 71.1 Å². The second-order valence-corrected chi connectivity index (χ2v) is 6.93. The standard InChI is InChI=1S/C22H26O6/c1-7-26-21(24)28-19-11-9-17(13-15(19)3)22(4,5)16-8-10-18(14(2)12-16)27-20(23)25-6/h8-13H,7H2,1-6H3. The highest BCUT2D eigenvalue weighted by atomic mass is 16.7. The van der Waals surface area contributed by atoms with Crippen molar-refractivity contribution in [3.8, 4) is 11.5 Å². The summed E-state index contributed by atoms with van der Waals surface area (Å²) in [6, 6.07) is 11.3. The van der Waals surface area contributed by atoms with Crippen molar-refractivity contribution in [2.45, 2.75) is 40.0 Å². The van der Waals surface area contributed by atoms with Gasteiger partial charge in [-0.1, -0.05) is 38.1 Å². The van der Waals surface area contributed by atoms with Crippen LogP contribution in [0.2, 0.25) is 0 Å². The Bertz CT molecular complexity index is 869. The van der Waals surface area contributed by atoms with E-state index in [9.17, 15) is 9.59 Å². The zero-order valence-electron chi connectivity index (χ0n) is 17.1. The Morgan fingerprint density at radius 1 is 0.857 bits per heavy atom. The molecule has 0 saturated heterocycles. The van der Waals surface area contributed by atoms with E-state index in [1.165, 1.54) is 7.11 Å². The van der Waals surface area contributed by atoms with Crippen LogP contribution in [-0.4, -0.2) is 26.0 Å². The second kappa shape index (κ2) is 8.78. The zero-order chi connectivity index (χ0) is 20.9. The van der Waals surface area contributed by atoms with Crippen LogP contribution < -0.4 is 9.47 Å². The lowest BCUT2D eigenvalue weighted by Gasteiger charge is -2.27. The maximum Gasteiger partial charge on any atom is 0.513 e. The number of hydrogen-bond acceptors (Lipinski definition) is 6. The van der Waals surface area contributed by atoms with Gasteiger partial charge < -0.3 is 18.9 Å². The minimum absolute atomic E-state index is 0.262. The van der Waals surface area contributed by atoms with Crippen molar-refractivity contribution in [3.63, 3.8) is 0 Å². The molecule has 0 radical (unpaired) electrons. The number of hydrogen-bond donors (Lipinski definition) is 0. The van der Waals surface area contributed by atoms with E-state index in [-0.39, 0.29) is 12.0 Å². The molecular weight excluding hydrogens is 360 g/mol. The number of ether oxygens (including phenoxy) is 4. The zero-order valence-corrected chi connectivity index (χ0v) is 17.1. The smallest absolute Gasteiger partial charge is 0.437 e. The first kappa shape index (κ1) is 21.3. The number of carbonyl (C=O) groups is 2. The third kappa shape index (κ3) is 4.82. The predicted octanol–water partition coefficient (Wildman–Crippen LogP) is 5.31. The molecule has 28 heavy (non-hydrogen) atoms. The van der Waals surface area contributed by atoms with Crippen molar-refractivity contribution in [3.05, 3.63) is 58.7 Å². The first-order valence-corrected chi connectivity index (χ1v) is 9.01. The number of aryl methyl sites for hydroxylation is 2. The SMILES string of the molecule is CCOC(=O)Oc1ccc(C(C)(C)c2ccc(OC(=O)OC)c(C)c2)cc1C. The van der Waals surface area contributed by atoms with Crippen molar-refractivity contribution in [2.75, 3.05) is 13.7 Å². The first-order valence-electron chi connectivity index (χ1n) is 9.01. The third-order valence-corrected chi connectivity index (χ3v) is 4.61. The summed E-state index contributed by atoms with van der Waals surface area (Å²) in [7, 11) is 1.27. The van der Waals surface area contributed by atoms with Gasteiger partial charge in [0.25, 0.3) is 0 Å². The highest BCUT2D eigenvalue weighted by Gasteiger charge is 2.25. The largest absolute Gasteiger partial charge is 0.513 e. The van der Waals surface area contributed by atoms with E-state index >= 15 is 0 Å². The van der Waals surface area contributed by atoms with E-state index in [1.807, 2.05) is 38.1 Å². The van der Waals surface area contributed by atoms with Crippen LogP contribution in [0.25, 0.3) is 0 Å². The molecule has 0 aliphatic carbocycles. The maximum absolute atomic E-state index is 11.5. The summed E-state index contributed by atoms with van der Waals surface area (Å²) in [6.07, 6.45) is -1.46. The molecule has 0 unspecified atom stereocenters. The molecule has 0 bridgehead atoms. The minimum atomic E-state index is -0.747. The van der Waals surface area contributed by atoms with Gasteiger partial charge in [0.2, 0.25) is 0 Å². The van der Waals surface area contributed by atoms with Crippen LogP contribution in [0.5, 0.6) is 11.5 Å². The normalized spacial score (nSPS) is 10.9. The molecule has 2 rings (SSSR count). The predicted molar refractivity (Wildman–Crippen MR) is 105 cm³/mol. The van der Waals surface area contributed by atoms with Crippen LogP contribution >= 0.6 is 0 Å². The number of methoxy groups -OCH3 is 1. The Kier molecular flexibility index (Phi) is 6.67. The molecule has 0 N–H and O–H groups in total. The van der Waals surface area contributed by atoms with Gasteiger partial charge in [-0.3, -0.25) is 0 Å². The summed E-state index contributed by atoms with van der Waals surface area (Å²) >= 11 is 0. The molecule has 0 saturated carbocycles. The van der Waals surface area contributed by atoms with Gasteiger partial charge in [0.15, 0.2) is 0 Å². The van der Waals surface area contributed by atoms with Crippen molar-refractivity contribution in [2.24, 2.45) is 0 Å². The molecule has 0 spiro atoms. The Balaban J connectivity index is 2.28. The van der Waals surface area contributed by atoms with Gasteiger partial charge in [-0.05, 0) is 55.2 Å². The van der Waals surface area contributed by atoms with E-state index in [0.29, 0.717) is 11.5 Å². The monoisotopic (exact) mass is 386 g/mol. The Labute approximate surface area is 165 Å². The van der Waals surface area contributed by atoms with Gasteiger partial charge in [-0.2, -0.15) is 0 Å². The highest BCUT2D eigenvalue weighted by molar-refractivity contribution is 5.65. The molecule has 0 fully saturated rings. The van der Waals surface area contributed by atoms with Gasteiger partial charge in [0, 0.05) is 5.41 Å². The number of benzene rings is 2. The van der Waals surface area contributed by atoms with Gasteiger partial charge in [0.05, 0.1) is 13.7 Å². The number of carbonyl (C=O) groups excluding carboxylic acids is 2. The van der Waals surface area contributed by atoms with Crippen molar-refractivity contribution < 1.29 is 28.5 Å². The van der Waals surface area contributed by atoms with E-state index in [4.69, 9.17) is 14.2 Å². The van der Waals surface area contributed by atoms with Crippen LogP contribution in [0.15, 0.2) is 36.4 Å². The van der Waals surface area contributed by atoms with Crippen LogP contribution in [0.3, 0.4) is 0 Å². The van der Waals surface area contributed by atoms with Crippen molar-refractivity contribution in [1.82, 2.24) is 0 Å². The molecule has 150 valence electrons. The molecule has 6 nitrogen and oxygen atoms in total. The molecule has 0 amide bonds. The third-order valence-electron chi connectivity index (χ3n) is 4.61. The molecule has 2 aromatic carbocycles. The quantitative estimate of drug-likeness (QED) is 0.512. The summed E-state index contributed by atoms with van der Waals surface area (Å²) in [5.41, 5.74) is 3.46. The van der Waals surface area contributed by atoms with E-state index in [1.54, 1.807) is 19.1 Å². The van der Waals surface area contributed by atoms with E-state index in [0.717, 1.165) is 22.3 Å². The van der Waals surface area contributed by atoms with E-state index < -0.39 is 12.3 Å². The fourth-order valence-corrected chi connectivity index (χ4v) is 2.84. The summed E-state index contributed by atoms with van der Waals surface area (Å²) in [6.45, 7) is 9.94. The Hall–Kier alpha value is -3.02. The van der Waals surface area contributed by atoms with Crippen LogP contribution in [-0.2, 0) is 14.9 Å². The molecule has 2 aromatic rings. The highest BCUT2D eigenvalue weighted by Crippen LogP contribution is 2.36. The summed E-state index contributed by atoms with van der Waals surface area (Å²) in [5.74, 6) is 0.928. The molecule has 0 atom stereocenters. The van der Waals surface area contributed by atoms with Gasteiger partial charge in [-0.25, -0.2) is 9.59 Å². The van der Waals surface area contributed by atoms with E-state index in [2.05, 4.69) is 18.6 Å². The summed E-state index contributed by atoms with van der Waals surface area (Å²) in [5, 5.41) is 0. The van der Waals surface area contributed by atoms with Crippen molar-refractivity contribution >= 4 is 12.3 Å². The van der Waals surface area contributed by atoms with Crippen LogP contribution in [0.4, 0.5) is 9.59 Å². The van der Waals surface area contributed by atoms with Gasteiger partial charge in [0.1, 0.15) is 11.5 Å². The lowest BCUT2D eigenvalue weighted by atomic mass is 9.77. The number of rotatable bonds is 5. The van der Waals surface area contributed by atoms with Gasteiger partial charge in [-0.15, -0.1) is 0 Å². The molecule has 0 heterocycles. The molecule has 0 aliphatic heterocycles. The van der Waals surface area contributed by atoms with Crippen molar-refractivity contribution in [1.29, 1.82) is 0 Å². The fourth-order valence-electron chi connectivity index (χ4n) is 2.84. The first-order chi connectivity index (χ1) is 13.2. The average molecular weight is 386 g/mol. The summed E-state index contributed by atoms with van der Waals surface area (Å²) in [4.78, 5) is 22.9. The molecular formula is C22H26O6. The lowest BCUT2D eigenvalue weighted by molar-refractivity contribution is 0.104.